The van der Waals surface area contributed by atoms with Gasteiger partial charge in [-0.3, -0.25) is 0 Å². The molecule has 7 nitrogen and oxygen atoms in total. The Hall–Kier alpha value is -3.61. The van der Waals surface area contributed by atoms with Crippen LogP contribution in [0.2, 0.25) is 0 Å². The van der Waals surface area contributed by atoms with E-state index in [9.17, 15) is 0 Å². The maximum atomic E-state index is 5.98. The Labute approximate surface area is 143 Å². The first-order chi connectivity index (χ1) is 12.2. The molecule has 0 radical (unpaired) electrons. The number of hydrogen-bond acceptors (Lipinski definition) is 7. The van der Waals surface area contributed by atoms with Crippen LogP contribution in [0.5, 0.6) is 0 Å². The van der Waals surface area contributed by atoms with E-state index in [0.717, 1.165) is 21.9 Å². The first-order valence-electron chi connectivity index (χ1n) is 7.63. The van der Waals surface area contributed by atoms with E-state index in [1.165, 1.54) is 6.26 Å². The Kier molecular flexibility index (Phi) is 3.66. The summed E-state index contributed by atoms with van der Waals surface area (Å²) < 4.78 is 5.23. The second kappa shape index (κ2) is 6.12. The molecular weight excluding hydrogens is 316 g/mol. The Morgan fingerprint density at radius 2 is 1.92 bits per heavy atom. The third-order valence-corrected chi connectivity index (χ3v) is 3.73. The highest BCUT2D eigenvalue weighted by atomic mass is 16.3. The number of oxazole rings is 1. The van der Waals surface area contributed by atoms with Crippen LogP contribution in [0.3, 0.4) is 0 Å². The summed E-state index contributed by atoms with van der Waals surface area (Å²) in [5, 5.41) is 10.3. The van der Waals surface area contributed by atoms with Crippen LogP contribution in [0.15, 0.2) is 69.8 Å². The molecule has 7 heteroatoms. The van der Waals surface area contributed by atoms with Crippen LogP contribution in [0, 0.1) is 6.92 Å². The number of nitrogens with zero attached hydrogens (tertiary/aromatic N) is 5. The van der Waals surface area contributed by atoms with Gasteiger partial charge in [0.2, 0.25) is 5.89 Å². The Morgan fingerprint density at radius 1 is 1.00 bits per heavy atom. The zero-order chi connectivity index (χ0) is 17.2. The molecule has 0 bridgehead atoms. The van der Waals surface area contributed by atoms with Crippen LogP contribution < -0.4 is 5.73 Å². The number of anilines is 1. The van der Waals surface area contributed by atoms with Gasteiger partial charge in [-0.2, -0.15) is 0 Å². The lowest BCUT2D eigenvalue weighted by Crippen LogP contribution is -1.91. The predicted molar refractivity (Wildman–Crippen MR) is 94.8 cm³/mol. The van der Waals surface area contributed by atoms with Gasteiger partial charge in [0.05, 0.1) is 11.8 Å². The molecule has 2 N–H and O–H groups in total. The molecule has 0 amide bonds. The highest BCUT2D eigenvalue weighted by molar-refractivity contribution is 5.96. The van der Waals surface area contributed by atoms with Crippen molar-refractivity contribution in [2.24, 2.45) is 10.2 Å². The number of benzene rings is 1. The first-order valence-corrected chi connectivity index (χ1v) is 7.63. The molecule has 3 heterocycles. The van der Waals surface area contributed by atoms with E-state index in [2.05, 4.69) is 25.2 Å². The molecule has 0 saturated carbocycles. The molecule has 0 aliphatic carbocycles. The molecule has 0 unspecified atom stereocenters. The molecular formula is C18H14N6O. The number of pyridine rings is 2. The van der Waals surface area contributed by atoms with Crippen molar-refractivity contribution in [3.05, 3.63) is 60.7 Å². The molecule has 122 valence electrons. The van der Waals surface area contributed by atoms with Crippen molar-refractivity contribution in [2.45, 2.75) is 6.92 Å². The monoisotopic (exact) mass is 330 g/mol. The zero-order valence-electron chi connectivity index (χ0n) is 13.4. The van der Waals surface area contributed by atoms with Crippen molar-refractivity contribution < 1.29 is 4.42 Å². The second-order valence-corrected chi connectivity index (χ2v) is 5.53. The SMILES string of the molecule is Cc1ccc2cnc(N)c(N=Nc3ccc(-c4ncco4)cn3)c2c1. The molecule has 0 fully saturated rings. The molecule has 4 rings (SSSR count). The topological polar surface area (TPSA) is 103 Å². The third kappa shape index (κ3) is 2.94. The van der Waals surface area contributed by atoms with Gasteiger partial charge in [0.1, 0.15) is 12.0 Å². The minimum atomic E-state index is 0.332. The molecule has 1 aromatic carbocycles. The van der Waals surface area contributed by atoms with E-state index in [1.807, 2.05) is 31.2 Å². The molecule has 0 aliphatic heterocycles. The summed E-state index contributed by atoms with van der Waals surface area (Å²) >= 11 is 0. The quantitative estimate of drug-likeness (QED) is 0.553. The second-order valence-electron chi connectivity index (χ2n) is 5.53. The fourth-order valence-corrected chi connectivity index (χ4v) is 2.47. The van der Waals surface area contributed by atoms with Crippen molar-refractivity contribution in [3.63, 3.8) is 0 Å². The van der Waals surface area contributed by atoms with Crippen molar-refractivity contribution >= 4 is 28.1 Å². The summed E-state index contributed by atoms with van der Waals surface area (Å²) in [5.41, 5.74) is 8.41. The van der Waals surface area contributed by atoms with E-state index in [1.54, 1.807) is 24.7 Å². The van der Waals surface area contributed by atoms with Gasteiger partial charge < -0.3 is 10.2 Å². The van der Waals surface area contributed by atoms with Gasteiger partial charge in [-0.15, -0.1) is 10.2 Å². The predicted octanol–water partition coefficient (Wildman–Crippen LogP) is 4.59. The van der Waals surface area contributed by atoms with Gasteiger partial charge in [-0.1, -0.05) is 17.7 Å². The molecule has 4 aromatic rings. The smallest absolute Gasteiger partial charge is 0.227 e. The van der Waals surface area contributed by atoms with Crippen molar-refractivity contribution in [1.29, 1.82) is 0 Å². The molecule has 0 saturated heterocycles. The van der Waals surface area contributed by atoms with Crippen molar-refractivity contribution in [3.8, 4) is 11.5 Å². The maximum absolute atomic E-state index is 5.98. The van der Waals surface area contributed by atoms with E-state index >= 15 is 0 Å². The lowest BCUT2D eigenvalue weighted by molar-refractivity contribution is 0.574. The Balaban J connectivity index is 1.69. The number of fused-ring (bicyclic) bond motifs is 1. The summed E-state index contributed by atoms with van der Waals surface area (Å²) in [4.78, 5) is 12.5. The largest absolute Gasteiger partial charge is 0.444 e. The van der Waals surface area contributed by atoms with Crippen LogP contribution in [0.1, 0.15) is 5.56 Å². The Morgan fingerprint density at radius 3 is 2.68 bits per heavy atom. The van der Waals surface area contributed by atoms with Crippen molar-refractivity contribution in [2.75, 3.05) is 5.73 Å². The summed E-state index contributed by atoms with van der Waals surface area (Å²) in [7, 11) is 0. The van der Waals surface area contributed by atoms with Gasteiger partial charge >= 0.3 is 0 Å². The number of aryl methyl sites for hydroxylation is 1. The molecule has 0 aliphatic rings. The Bertz CT molecular complexity index is 1050. The van der Waals surface area contributed by atoms with E-state index < -0.39 is 0 Å². The van der Waals surface area contributed by atoms with E-state index in [0.29, 0.717) is 23.2 Å². The number of nitrogens with two attached hydrogens (primary N) is 1. The van der Waals surface area contributed by atoms with Crippen LogP contribution in [-0.2, 0) is 0 Å². The highest BCUT2D eigenvalue weighted by Gasteiger charge is 2.07. The summed E-state index contributed by atoms with van der Waals surface area (Å²) in [5.74, 6) is 1.30. The molecule has 25 heavy (non-hydrogen) atoms. The van der Waals surface area contributed by atoms with Gasteiger partial charge in [0.15, 0.2) is 11.6 Å². The number of hydrogen-bond donors (Lipinski definition) is 1. The average Bonchev–Trinajstić information content (AvgIpc) is 3.16. The standard InChI is InChI=1S/C18H14N6O/c1-11-2-3-12-9-22-17(19)16(14(12)8-11)24-23-15-5-4-13(10-21-15)18-20-6-7-25-18/h2-10H,1H3,(H2,19,22). The number of aromatic nitrogens is 3. The fourth-order valence-electron chi connectivity index (χ4n) is 2.47. The van der Waals surface area contributed by atoms with Gasteiger partial charge in [-0.05, 0) is 25.1 Å². The lowest BCUT2D eigenvalue weighted by Gasteiger charge is -2.05. The number of rotatable bonds is 3. The van der Waals surface area contributed by atoms with Crippen molar-refractivity contribution in [1.82, 2.24) is 15.0 Å². The normalized spacial score (nSPS) is 11.4. The first kappa shape index (κ1) is 14.9. The summed E-state index contributed by atoms with van der Waals surface area (Å²) in [6, 6.07) is 9.58. The number of nitrogen functional groups attached to an aromatic ring is 1. The molecule has 3 aromatic heterocycles. The van der Waals surface area contributed by atoms with Gasteiger partial charge in [0.25, 0.3) is 0 Å². The number of azo groups is 1. The van der Waals surface area contributed by atoms with E-state index in [-0.39, 0.29) is 0 Å². The van der Waals surface area contributed by atoms with Gasteiger partial charge in [-0.25, -0.2) is 15.0 Å². The maximum Gasteiger partial charge on any atom is 0.227 e. The van der Waals surface area contributed by atoms with E-state index in [4.69, 9.17) is 10.2 Å². The molecule has 0 spiro atoms. The zero-order valence-corrected chi connectivity index (χ0v) is 13.4. The third-order valence-electron chi connectivity index (χ3n) is 3.73. The summed E-state index contributed by atoms with van der Waals surface area (Å²) in [6.07, 6.45) is 6.46. The van der Waals surface area contributed by atoms with Crippen LogP contribution in [0.4, 0.5) is 17.3 Å². The minimum absolute atomic E-state index is 0.332. The minimum Gasteiger partial charge on any atom is -0.444 e. The van der Waals surface area contributed by atoms with Crippen LogP contribution >= 0.6 is 0 Å². The highest BCUT2D eigenvalue weighted by Crippen LogP contribution is 2.32. The lowest BCUT2D eigenvalue weighted by atomic mass is 10.1. The van der Waals surface area contributed by atoms with Gasteiger partial charge in [0, 0.05) is 23.2 Å². The molecule has 0 atom stereocenters. The van der Waals surface area contributed by atoms with Crippen LogP contribution in [0.25, 0.3) is 22.2 Å². The average molecular weight is 330 g/mol. The van der Waals surface area contributed by atoms with Crippen LogP contribution in [-0.4, -0.2) is 15.0 Å². The summed E-state index contributed by atoms with van der Waals surface area (Å²) in [6.45, 7) is 2.01. The fraction of sp³-hybridized carbons (Fsp3) is 0.0556.